The highest BCUT2D eigenvalue weighted by Crippen LogP contribution is 2.23. The molecular formula is C22H30ClN5. The topological polar surface area (TPSA) is 48.6 Å². The van der Waals surface area contributed by atoms with Gasteiger partial charge in [-0.25, -0.2) is 4.98 Å². The summed E-state index contributed by atoms with van der Waals surface area (Å²) in [4.78, 5) is 12.1. The summed E-state index contributed by atoms with van der Waals surface area (Å²) >= 11 is 6.33. The molecule has 2 aromatic rings. The van der Waals surface area contributed by atoms with E-state index in [-0.39, 0.29) is 0 Å². The number of piperidine rings is 1. The fourth-order valence-corrected chi connectivity index (χ4v) is 4.65. The maximum atomic E-state index is 6.33. The van der Waals surface area contributed by atoms with Crippen LogP contribution in [0.1, 0.15) is 24.8 Å². The first kappa shape index (κ1) is 19.5. The predicted octanol–water partition coefficient (Wildman–Crippen LogP) is 3.49. The Balaban J connectivity index is 1.28. The number of pyridine rings is 1. The lowest BCUT2D eigenvalue weighted by Crippen LogP contribution is -2.46. The normalized spacial score (nSPS) is 20.2. The van der Waals surface area contributed by atoms with Crippen molar-refractivity contribution in [3.63, 3.8) is 0 Å². The first-order valence-electron chi connectivity index (χ1n) is 10.4. The van der Waals surface area contributed by atoms with Crippen molar-refractivity contribution in [1.29, 1.82) is 0 Å². The zero-order chi connectivity index (χ0) is 19.3. The molecule has 28 heavy (non-hydrogen) atoms. The Morgan fingerprint density at radius 3 is 2.54 bits per heavy atom. The number of nitrogens with two attached hydrogens (primary N) is 1. The van der Waals surface area contributed by atoms with E-state index in [9.17, 15) is 0 Å². The van der Waals surface area contributed by atoms with Crippen LogP contribution in [-0.2, 0) is 6.54 Å². The molecule has 0 spiro atoms. The number of anilines is 2. The smallest absolute Gasteiger partial charge is 0.130 e. The monoisotopic (exact) mass is 399 g/mol. The summed E-state index contributed by atoms with van der Waals surface area (Å²) in [6, 6.07) is 14.8. The van der Waals surface area contributed by atoms with Gasteiger partial charge in [-0.15, -0.1) is 0 Å². The first-order valence-corrected chi connectivity index (χ1v) is 10.7. The van der Waals surface area contributed by atoms with Crippen LogP contribution < -0.4 is 10.6 Å². The molecule has 3 heterocycles. The number of benzene rings is 1. The van der Waals surface area contributed by atoms with Gasteiger partial charge in [0.05, 0.1) is 0 Å². The summed E-state index contributed by atoms with van der Waals surface area (Å²) in [5, 5.41) is 0.882. The van der Waals surface area contributed by atoms with E-state index in [1.807, 2.05) is 24.3 Å². The van der Waals surface area contributed by atoms with Crippen LogP contribution in [0.3, 0.4) is 0 Å². The highest BCUT2D eigenvalue weighted by Gasteiger charge is 2.26. The summed E-state index contributed by atoms with van der Waals surface area (Å²) < 4.78 is 0. The Hall–Kier alpha value is -1.82. The van der Waals surface area contributed by atoms with Crippen molar-refractivity contribution in [1.82, 2.24) is 14.8 Å². The fraction of sp³-hybridized carbons (Fsp3) is 0.500. The van der Waals surface area contributed by atoms with Crippen LogP contribution >= 0.6 is 11.6 Å². The number of rotatable bonds is 4. The number of hydrogen-bond donors (Lipinski definition) is 1. The van der Waals surface area contributed by atoms with Crippen LogP contribution in [0.25, 0.3) is 0 Å². The van der Waals surface area contributed by atoms with Gasteiger partial charge >= 0.3 is 0 Å². The summed E-state index contributed by atoms with van der Waals surface area (Å²) in [5.41, 5.74) is 7.10. The number of nitrogen functional groups attached to an aromatic ring is 1. The van der Waals surface area contributed by atoms with Gasteiger partial charge in [-0.3, -0.25) is 9.80 Å². The molecule has 0 aliphatic carbocycles. The van der Waals surface area contributed by atoms with Gasteiger partial charge in [0.2, 0.25) is 0 Å². The van der Waals surface area contributed by atoms with Gasteiger partial charge in [-0.1, -0.05) is 35.9 Å². The van der Waals surface area contributed by atoms with Crippen LogP contribution in [0, 0.1) is 0 Å². The molecule has 0 amide bonds. The van der Waals surface area contributed by atoms with Crippen LogP contribution in [0.5, 0.6) is 0 Å². The largest absolute Gasteiger partial charge is 0.384 e. The number of halogens is 1. The molecule has 5 nitrogen and oxygen atoms in total. The second-order valence-corrected chi connectivity index (χ2v) is 8.30. The van der Waals surface area contributed by atoms with Crippen LogP contribution in [0.15, 0.2) is 42.5 Å². The molecule has 0 atom stereocenters. The molecule has 1 aromatic carbocycles. The molecule has 0 bridgehead atoms. The highest BCUT2D eigenvalue weighted by molar-refractivity contribution is 6.31. The molecule has 2 N–H and O–H groups in total. The molecule has 2 aliphatic heterocycles. The highest BCUT2D eigenvalue weighted by atomic mass is 35.5. The zero-order valence-electron chi connectivity index (χ0n) is 16.4. The molecule has 2 fully saturated rings. The molecule has 2 aliphatic rings. The van der Waals surface area contributed by atoms with Crippen molar-refractivity contribution in [3.05, 3.63) is 53.1 Å². The summed E-state index contributed by atoms with van der Waals surface area (Å²) in [6.45, 7) is 7.61. The van der Waals surface area contributed by atoms with Crippen molar-refractivity contribution < 1.29 is 0 Å². The Morgan fingerprint density at radius 1 is 0.929 bits per heavy atom. The summed E-state index contributed by atoms with van der Waals surface area (Å²) in [6.07, 6.45) is 3.65. The summed E-state index contributed by atoms with van der Waals surface area (Å²) in [5.74, 6) is 1.61. The van der Waals surface area contributed by atoms with Crippen molar-refractivity contribution in [3.8, 4) is 0 Å². The third-order valence-electron chi connectivity index (χ3n) is 6.04. The Labute approximate surface area is 173 Å². The lowest BCUT2D eigenvalue weighted by molar-refractivity contribution is 0.110. The Kier molecular flexibility index (Phi) is 6.35. The minimum Gasteiger partial charge on any atom is -0.384 e. The Bertz CT molecular complexity index is 775. The maximum absolute atomic E-state index is 6.33. The van der Waals surface area contributed by atoms with Gasteiger partial charge in [0.25, 0.3) is 0 Å². The van der Waals surface area contributed by atoms with Crippen LogP contribution in [0.4, 0.5) is 11.6 Å². The number of nitrogens with zero attached hydrogens (tertiary/aromatic N) is 4. The lowest BCUT2D eigenvalue weighted by atomic mass is 10.0. The third-order valence-corrected chi connectivity index (χ3v) is 6.40. The van der Waals surface area contributed by atoms with Gasteiger partial charge in [0, 0.05) is 43.8 Å². The van der Waals surface area contributed by atoms with Crippen molar-refractivity contribution in [2.24, 2.45) is 0 Å². The molecule has 2 saturated heterocycles. The maximum Gasteiger partial charge on any atom is 0.130 e. The molecule has 0 unspecified atom stereocenters. The van der Waals surface area contributed by atoms with Gasteiger partial charge < -0.3 is 10.6 Å². The van der Waals surface area contributed by atoms with E-state index in [2.05, 4.69) is 37.9 Å². The van der Waals surface area contributed by atoms with Crippen molar-refractivity contribution in [2.45, 2.75) is 31.8 Å². The molecule has 6 heteroatoms. The average molecular weight is 400 g/mol. The second kappa shape index (κ2) is 9.12. The van der Waals surface area contributed by atoms with Gasteiger partial charge in [0.15, 0.2) is 0 Å². The van der Waals surface area contributed by atoms with Crippen molar-refractivity contribution >= 4 is 23.2 Å². The standard InChI is InChI=1S/C22H30ClN5/c23-20-6-2-1-5-18(20)17-26-13-9-19(10-14-26)27-11-4-12-28(16-15-27)22-8-3-7-21(24)25-22/h1-3,5-8,19H,4,9-17H2,(H2,24,25). The van der Waals surface area contributed by atoms with E-state index in [0.717, 1.165) is 50.1 Å². The Morgan fingerprint density at radius 2 is 1.75 bits per heavy atom. The number of aromatic nitrogens is 1. The van der Waals surface area contributed by atoms with Crippen LogP contribution in [-0.4, -0.2) is 60.1 Å². The first-order chi connectivity index (χ1) is 13.7. The van der Waals surface area contributed by atoms with E-state index in [1.54, 1.807) is 0 Å². The van der Waals surface area contributed by atoms with E-state index >= 15 is 0 Å². The minimum atomic E-state index is 0.601. The molecule has 150 valence electrons. The quantitative estimate of drug-likeness (QED) is 0.852. The average Bonchev–Trinajstić information content (AvgIpc) is 2.97. The van der Waals surface area contributed by atoms with E-state index in [0.29, 0.717) is 11.9 Å². The molecule has 0 saturated carbocycles. The lowest BCUT2D eigenvalue weighted by Gasteiger charge is -2.38. The van der Waals surface area contributed by atoms with Gasteiger partial charge in [0.1, 0.15) is 11.6 Å². The molecular weight excluding hydrogens is 370 g/mol. The third kappa shape index (κ3) is 4.77. The fourth-order valence-electron chi connectivity index (χ4n) is 4.46. The van der Waals surface area contributed by atoms with E-state index in [4.69, 9.17) is 17.3 Å². The van der Waals surface area contributed by atoms with Gasteiger partial charge in [-0.05, 0) is 56.1 Å². The summed E-state index contributed by atoms with van der Waals surface area (Å²) in [7, 11) is 0. The van der Waals surface area contributed by atoms with Crippen LogP contribution in [0.2, 0.25) is 5.02 Å². The van der Waals surface area contributed by atoms with Gasteiger partial charge in [-0.2, -0.15) is 0 Å². The van der Waals surface area contributed by atoms with E-state index < -0.39 is 0 Å². The number of hydrogen-bond acceptors (Lipinski definition) is 5. The molecule has 4 rings (SSSR count). The van der Waals surface area contributed by atoms with Crippen molar-refractivity contribution in [2.75, 3.05) is 49.9 Å². The SMILES string of the molecule is Nc1cccc(N2CCCN(C3CCN(Cc4ccccc4Cl)CC3)CC2)n1. The second-order valence-electron chi connectivity index (χ2n) is 7.90. The minimum absolute atomic E-state index is 0.601. The predicted molar refractivity (Wildman–Crippen MR) is 117 cm³/mol. The zero-order valence-corrected chi connectivity index (χ0v) is 17.2. The number of likely N-dealkylation sites (tertiary alicyclic amines) is 1. The molecule has 1 aromatic heterocycles. The van der Waals surface area contributed by atoms with E-state index in [1.165, 1.54) is 31.4 Å². The molecule has 0 radical (unpaired) electrons.